The summed E-state index contributed by atoms with van der Waals surface area (Å²) in [5.41, 5.74) is 1.05. The Hall–Kier alpha value is -2.59. The molecule has 0 aliphatic carbocycles. The van der Waals surface area contributed by atoms with Crippen LogP contribution in [0.25, 0.3) is 0 Å². The van der Waals surface area contributed by atoms with Crippen molar-refractivity contribution in [2.24, 2.45) is 0 Å². The molecule has 168 valence electrons. The first-order chi connectivity index (χ1) is 14.4. The fourth-order valence-corrected chi connectivity index (χ4v) is 3.84. The SMILES string of the molecule is C[Si](C)(C)OC(=O)c1ccc(OCCCOc2ccc(C(=O)O[Si](C)(C)C)cc2)cc1. The second-order valence-corrected chi connectivity index (χ2v) is 18.0. The van der Waals surface area contributed by atoms with Crippen LogP contribution in [0.2, 0.25) is 39.3 Å². The molecule has 8 heteroatoms. The van der Waals surface area contributed by atoms with Crippen molar-refractivity contribution in [1.82, 2.24) is 0 Å². The molecule has 0 N–H and O–H groups in total. The van der Waals surface area contributed by atoms with E-state index in [1.165, 1.54) is 0 Å². The van der Waals surface area contributed by atoms with E-state index >= 15 is 0 Å². The monoisotopic (exact) mass is 460 g/mol. The Kier molecular flexibility index (Phi) is 8.46. The molecule has 2 aromatic rings. The zero-order valence-electron chi connectivity index (χ0n) is 19.2. The minimum absolute atomic E-state index is 0.293. The maximum Gasteiger partial charge on any atom is 0.324 e. The third kappa shape index (κ3) is 9.39. The van der Waals surface area contributed by atoms with Gasteiger partial charge in [-0.3, -0.25) is 0 Å². The van der Waals surface area contributed by atoms with Gasteiger partial charge in [0.2, 0.25) is 16.6 Å². The molecule has 0 fully saturated rings. The van der Waals surface area contributed by atoms with Gasteiger partial charge >= 0.3 is 11.9 Å². The second kappa shape index (κ2) is 10.6. The first kappa shape index (κ1) is 24.7. The molecule has 0 unspecified atom stereocenters. The van der Waals surface area contributed by atoms with E-state index in [0.717, 1.165) is 0 Å². The summed E-state index contributed by atoms with van der Waals surface area (Å²) in [6.45, 7) is 12.8. The lowest BCUT2D eigenvalue weighted by molar-refractivity contribution is 0.0714. The number of ether oxygens (including phenoxy) is 2. The van der Waals surface area contributed by atoms with Crippen molar-refractivity contribution in [2.75, 3.05) is 13.2 Å². The van der Waals surface area contributed by atoms with Crippen LogP contribution in [0.4, 0.5) is 0 Å². The standard InChI is InChI=1S/C23H32O6Si2/c1-30(2,3)28-22(24)18-8-12-20(13-9-18)26-16-7-17-27-21-14-10-19(11-15-21)23(25)29-31(4,5)6/h8-15H,7,16-17H2,1-6H3. The van der Waals surface area contributed by atoms with Gasteiger partial charge in [-0.25, -0.2) is 9.59 Å². The fraction of sp³-hybridized carbons (Fsp3) is 0.391. The Morgan fingerprint density at radius 3 is 1.23 bits per heavy atom. The van der Waals surface area contributed by atoms with Gasteiger partial charge in [0, 0.05) is 6.42 Å². The molecule has 0 saturated carbocycles. The maximum absolute atomic E-state index is 12.1. The average molecular weight is 461 g/mol. The molecule has 0 atom stereocenters. The summed E-state index contributed by atoms with van der Waals surface area (Å²) < 4.78 is 22.3. The molecule has 0 aliphatic heterocycles. The molecule has 0 radical (unpaired) electrons. The molecule has 0 aromatic heterocycles. The Morgan fingerprint density at radius 2 is 0.935 bits per heavy atom. The quantitative estimate of drug-likeness (QED) is 0.343. The van der Waals surface area contributed by atoms with E-state index in [0.29, 0.717) is 42.3 Å². The molecule has 2 aromatic carbocycles. The van der Waals surface area contributed by atoms with E-state index in [2.05, 4.69) is 0 Å². The van der Waals surface area contributed by atoms with Gasteiger partial charge < -0.3 is 18.3 Å². The lowest BCUT2D eigenvalue weighted by Gasteiger charge is -2.17. The van der Waals surface area contributed by atoms with Crippen LogP contribution in [-0.4, -0.2) is 41.8 Å². The number of benzene rings is 2. The predicted octanol–water partition coefficient (Wildman–Crippen LogP) is 5.52. The van der Waals surface area contributed by atoms with Crippen LogP contribution in [0.1, 0.15) is 27.1 Å². The van der Waals surface area contributed by atoms with Gasteiger partial charge in [0.25, 0.3) is 0 Å². The first-order valence-corrected chi connectivity index (χ1v) is 17.2. The normalized spacial score (nSPS) is 11.5. The summed E-state index contributed by atoms with van der Waals surface area (Å²) in [5, 5.41) is 0. The zero-order chi connectivity index (χ0) is 23.1. The highest BCUT2D eigenvalue weighted by Gasteiger charge is 2.21. The van der Waals surface area contributed by atoms with Crippen molar-refractivity contribution in [2.45, 2.75) is 45.7 Å². The van der Waals surface area contributed by atoms with E-state index in [-0.39, 0.29) is 11.9 Å². The van der Waals surface area contributed by atoms with Crippen molar-refractivity contribution >= 4 is 28.6 Å². The number of hydrogen-bond donors (Lipinski definition) is 0. The summed E-state index contributed by atoms with van der Waals surface area (Å²) >= 11 is 0. The molecular weight excluding hydrogens is 428 g/mol. The fourth-order valence-electron chi connectivity index (χ4n) is 2.49. The molecular formula is C23H32O6Si2. The highest BCUT2D eigenvalue weighted by atomic mass is 28.4. The van der Waals surface area contributed by atoms with Crippen molar-refractivity contribution < 1.29 is 27.9 Å². The van der Waals surface area contributed by atoms with E-state index in [4.69, 9.17) is 18.3 Å². The van der Waals surface area contributed by atoms with Gasteiger partial charge in [0.05, 0.1) is 24.3 Å². The second-order valence-electron chi connectivity index (χ2n) is 9.10. The lowest BCUT2D eigenvalue weighted by atomic mass is 10.2. The highest BCUT2D eigenvalue weighted by molar-refractivity contribution is 6.71. The van der Waals surface area contributed by atoms with Crippen LogP contribution in [0, 0.1) is 0 Å². The van der Waals surface area contributed by atoms with E-state index in [1.54, 1.807) is 48.5 Å². The summed E-state index contributed by atoms with van der Waals surface area (Å²) in [5.74, 6) is 0.794. The number of rotatable bonds is 10. The molecule has 0 heterocycles. The molecule has 2 rings (SSSR count). The van der Waals surface area contributed by atoms with Crippen LogP contribution in [-0.2, 0) is 8.85 Å². The van der Waals surface area contributed by atoms with Crippen LogP contribution < -0.4 is 9.47 Å². The largest absolute Gasteiger partial charge is 0.516 e. The minimum Gasteiger partial charge on any atom is -0.516 e. The maximum atomic E-state index is 12.1. The van der Waals surface area contributed by atoms with Gasteiger partial charge in [-0.2, -0.15) is 0 Å². The molecule has 31 heavy (non-hydrogen) atoms. The van der Waals surface area contributed by atoms with Gasteiger partial charge in [0.1, 0.15) is 11.5 Å². The third-order valence-electron chi connectivity index (χ3n) is 3.80. The molecule has 6 nitrogen and oxygen atoms in total. The van der Waals surface area contributed by atoms with Crippen molar-refractivity contribution in [1.29, 1.82) is 0 Å². The van der Waals surface area contributed by atoms with Crippen LogP contribution in [0.3, 0.4) is 0 Å². The number of hydrogen-bond acceptors (Lipinski definition) is 6. The van der Waals surface area contributed by atoms with Gasteiger partial charge in [-0.15, -0.1) is 0 Å². The average Bonchev–Trinajstić information content (AvgIpc) is 2.66. The van der Waals surface area contributed by atoms with E-state index in [1.807, 2.05) is 39.3 Å². The minimum atomic E-state index is -1.91. The van der Waals surface area contributed by atoms with Crippen LogP contribution in [0.15, 0.2) is 48.5 Å². The van der Waals surface area contributed by atoms with Crippen molar-refractivity contribution in [3.8, 4) is 11.5 Å². The highest BCUT2D eigenvalue weighted by Crippen LogP contribution is 2.17. The number of carbonyl (C=O) groups excluding carboxylic acids is 2. The van der Waals surface area contributed by atoms with E-state index < -0.39 is 16.6 Å². The third-order valence-corrected chi connectivity index (χ3v) is 5.40. The zero-order valence-corrected chi connectivity index (χ0v) is 21.2. The Bertz CT molecular complexity index is 791. The topological polar surface area (TPSA) is 71.1 Å². The Morgan fingerprint density at radius 1 is 0.613 bits per heavy atom. The molecule has 0 spiro atoms. The first-order valence-electron chi connectivity index (χ1n) is 10.4. The van der Waals surface area contributed by atoms with E-state index in [9.17, 15) is 9.59 Å². The van der Waals surface area contributed by atoms with Gasteiger partial charge in [-0.1, -0.05) is 0 Å². The predicted molar refractivity (Wildman–Crippen MR) is 126 cm³/mol. The summed E-state index contributed by atoms with van der Waals surface area (Å²) in [4.78, 5) is 24.1. The Balaban J connectivity index is 1.71. The van der Waals surface area contributed by atoms with Crippen molar-refractivity contribution in [3.05, 3.63) is 59.7 Å². The van der Waals surface area contributed by atoms with Gasteiger partial charge in [0.15, 0.2) is 0 Å². The summed E-state index contributed by atoms with van der Waals surface area (Å²) in [6, 6.07) is 13.9. The summed E-state index contributed by atoms with van der Waals surface area (Å²) in [6.07, 6.45) is 0.693. The van der Waals surface area contributed by atoms with Crippen molar-refractivity contribution in [3.63, 3.8) is 0 Å². The smallest absolute Gasteiger partial charge is 0.324 e. The molecule has 0 amide bonds. The Labute approximate surface area is 186 Å². The number of carbonyl (C=O) groups is 2. The molecule has 0 saturated heterocycles. The molecule has 0 bridgehead atoms. The van der Waals surface area contributed by atoms with Gasteiger partial charge in [-0.05, 0) is 87.8 Å². The lowest BCUT2D eigenvalue weighted by Crippen LogP contribution is -2.29. The summed E-state index contributed by atoms with van der Waals surface area (Å²) in [7, 11) is -3.82. The van der Waals surface area contributed by atoms with Crippen LogP contribution >= 0.6 is 0 Å². The van der Waals surface area contributed by atoms with Crippen LogP contribution in [0.5, 0.6) is 11.5 Å². The molecule has 0 aliphatic rings.